The lowest BCUT2D eigenvalue weighted by Gasteiger charge is -2.13. The highest BCUT2D eigenvalue weighted by atomic mass is 19.1. The first kappa shape index (κ1) is 22.9. The van der Waals surface area contributed by atoms with Crippen LogP contribution in [0.4, 0.5) is 4.39 Å². The molecule has 0 radical (unpaired) electrons. The largest absolute Gasteiger partial charge is 0.483 e. The van der Waals surface area contributed by atoms with Crippen LogP contribution in [-0.2, 0) is 16.1 Å². The molecule has 7 heteroatoms. The molecule has 1 amide bonds. The Morgan fingerprint density at radius 2 is 1.74 bits per heavy atom. The lowest BCUT2D eigenvalue weighted by molar-refractivity contribution is -0.123. The van der Waals surface area contributed by atoms with E-state index in [4.69, 9.17) is 9.47 Å². The molecule has 0 unspecified atom stereocenters. The van der Waals surface area contributed by atoms with Crippen molar-refractivity contribution in [3.63, 3.8) is 0 Å². The number of aromatic nitrogens is 1. The van der Waals surface area contributed by atoms with Gasteiger partial charge in [0.05, 0.1) is 23.4 Å². The molecule has 0 aliphatic heterocycles. The summed E-state index contributed by atoms with van der Waals surface area (Å²) >= 11 is 0. The Labute approximate surface area is 196 Å². The molecule has 0 aliphatic rings. The molecule has 1 heterocycles. The minimum absolute atomic E-state index is 0.224. The highest BCUT2D eigenvalue weighted by Crippen LogP contribution is 2.31. The first-order chi connectivity index (χ1) is 16.5. The van der Waals surface area contributed by atoms with Crippen molar-refractivity contribution in [2.45, 2.75) is 13.5 Å². The summed E-state index contributed by atoms with van der Waals surface area (Å²) in [6.07, 6.45) is 0. The van der Waals surface area contributed by atoms with Gasteiger partial charge in [0.25, 0.3) is 5.91 Å². The lowest BCUT2D eigenvalue weighted by atomic mass is 10.1. The summed E-state index contributed by atoms with van der Waals surface area (Å²) in [5.41, 5.74) is 3.13. The summed E-state index contributed by atoms with van der Waals surface area (Å²) < 4.78 is 24.4. The van der Waals surface area contributed by atoms with Crippen molar-refractivity contribution in [1.82, 2.24) is 10.3 Å². The molecule has 172 valence electrons. The Hall–Kier alpha value is -4.26. The summed E-state index contributed by atoms with van der Waals surface area (Å²) in [6.45, 7) is 2.15. The van der Waals surface area contributed by atoms with Gasteiger partial charge in [0.2, 0.25) is 0 Å². The Morgan fingerprint density at radius 1 is 0.971 bits per heavy atom. The van der Waals surface area contributed by atoms with Gasteiger partial charge in [-0.2, -0.15) is 0 Å². The number of rotatable bonds is 8. The maximum absolute atomic E-state index is 13.4. The standard InChI is InChI=1S/C27H23FN2O4/c1-2-33-27(32)20-10-13-23-22(14-20)25(15-24(30-23)19-8-11-21(28)12-9-19)34-17-26(31)29-16-18-6-4-3-5-7-18/h3-15H,2,16-17H2,1H3,(H,29,31). The Kier molecular flexibility index (Phi) is 7.13. The predicted molar refractivity (Wildman–Crippen MR) is 127 cm³/mol. The molecule has 0 saturated carbocycles. The zero-order valence-electron chi connectivity index (χ0n) is 18.6. The van der Waals surface area contributed by atoms with Crippen LogP contribution in [-0.4, -0.2) is 30.1 Å². The second-order valence-electron chi connectivity index (χ2n) is 7.52. The zero-order chi connectivity index (χ0) is 23.9. The third kappa shape index (κ3) is 5.56. The van der Waals surface area contributed by atoms with E-state index in [2.05, 4.69) is 10.3 Å². The van der Waals surface area contributed by atoms with Crippen molar-refractivity contribution in [1.29, 1.82) is 0 Å². The summed E-state index contributed by atoms with van der Waals surface area (Å²) in [4.78, 5) is 29.3. The molecule has 0 bridgehead atoms. The van der Waals surface area contributed by atoms with Crippen LogP contribution < -0.4 is 10.1 Å². The first-order valence-electron chi connectivity index (χ1n) is 10.8. The number of hydrogen-bond acceptors (Lipinski definition) is 5. The van der Waals surface area contributed by atoms with E-state index < -0.39 is 5.97 Å². The minimum atomic E-state index is -0.460. The number of fused-ring (bicyclic) bond motifs is 1. The summed E-state index contributed by atoms with van der Waals surface area (Å²) in [6, 6.07) is 22.1. The topological polar surface area (TPSA) is 77.5 Å². The number of nitrogens with one attached hydrogen (secondary N) is 1. The van der Waals surface area contributed by atoms with Gasteiger partial charge in [-0.05, 0) is 55.0 Å². The maximum Gasteiger partial charge on any atom is 0.338 e. The number of amides is 1. The molecule has 1 aromatic heterocycles. The number of esters is 1. The van der Waals surface area contributed by atoms with E-state index in [0.29, 0.717) is 40.0 Å². The fraction of sp³-hybridized carbons (Fsp3) is 0.148. The normalized spacial score (nSPS) is 10.6. The molecule has 0 fully saturated rings. The van der Waals surface area contributed by atoms with Gasteiger partial charge in [-0.1, -0.05) is 30.3 Å². The SMILES string of the molecule is CCOC(=O)c1ccc2nc(-c3ccc(F)cc3)cc(OCC(=O)NCc3ccccc3)c2c1. The van der Waals surface area contributed by atoms with Crippen molar-refractivity contribution in [2.24, 2.45) is 0 Å². The van der Waals surface area contributed by atoms with Crippen LogP contribution in [0.1, 0.15) is 22.8 Å². The van der Waals surface area contributed by atoms with E-state index in [9.17, 15) is 14.0 Å². The summed E-state index contributed by atoms with van der Waals surface area (Å²) in [5, 5.41) is 3.38. The van der Waals surface area contributed by atoms with Crippen LogP contribution >= 0.6 is 0 Å². The van der Waals surface area contributed by atoms with E-state index in [1.807, 2.05) is 30.3 Å². The molecule has 3 aromatic carbocycles. The van der Waals surface area contributed by atoms with Crippen molar-refractivity contribution in [2.75, 3.05) is 13.2 Å². The number of halogens is 1. The van der Waals surface area contributed by atoms with Crippen LogP contribution in [0.2, 0.25) is 0 Å². The minimum Gasteiger partial charge on any atom is -0.483 e. The third-order valence-electron chi connectivity index (χ3n) is 5.11. The van der Waals surface area contributed by atoms with Gasteiger partial charge in [-0.15, -0.1) is 0 Å². The number of pyridine rings is 1. The van der Waals surface area contributed by atoms with Gasteiger partial charge in [0.15, 0.2) is 6.61 Å². The van der Waals surface area contributed by atoms with Crippen LogP contribution in [0.3, 0.4) is 0 Å². The monoisotopic (exact) mass is 458 g/mol. The van der Waals surface area contributed by atoms with Crippen molar-refractivity contribution >= 4 is 22.8 Å². The molecule has 1 N–H and O–H groups in total. The average molecular weight is 458 g/mol. The zero-order valence-corrected chi connectivity index (χ0v) is 18.6. The van der Waals surface area contributed by atoms with Gasteiger partial charge >= 0.3 is 5.97 Å². The number of nitrogens with zero attached hydrogens (tertiary/aromatic N) is 1. The molecule has 4 aromatic rings. The molecule has 0 spiro atoms. The number of hydrogen-bond donors (Lipinski definition) is 1. The third-order valence-corrected chi connectivity index (χ3v) is 5.11. The molecular formula is C27H23FN2O4. The highest BCUT2D eigenvalue weighted by Gasteiger charge is 2.14. The summed E-state index contributed by atoms with van der Waals surface area (Å²) in [5.74, 6) is -0.724. The summed E-state index contributed by atoms with van der Waals surface area (Å²) in [7, 11) is 0. The first-order valence-corrected chi connectivity index (χ1v) is 10.8. The maximum atomic E-state index is 13.4. The number of carbonyl (C=O) groups excluding carboxylic acids is 2. The molecule has 0 atom stereocenters. The van der Waals surface area contributed by atoms with Gasteiger partial charge < -0.3 is 14.8 Å². The quantitative estimate of drug-likeness (QED) is 0.380. The Bertz CT molecular complexity index is 1310. The number of benzene rings is 3. The second-order valence-corrected chi connectivity index (χ2v) is 7.52. The molecule has 34 heavy (non-hydrogen) atoms. The fourth-order valence-corrected chi connectivity index (χ4v) is 3.42. The van der Waals surface area contributed by atoms with Gasteiger partial charge in [0.1, 0.15) is 11.6 Å². The number of ether oxygens (including phenoxy) is 2. The lowest BCUT2D eigenvalue weighted by Crippen LogP contribution is -2.28. The Balaban J connectivity index is 1.61. The second kappa shape index (κ2) is 10.6. The van der Waals surface area contributed by atoms with Gasteiger partial charge in [-0.3, -0.25) is 4.79 Å². The average Bonchev–Trinajstić information content (AvgIpc) is 2.86. The molecule has 6 nitrogen and oxygen atoms in total. The van der Waals surface area contributed by atoms with Crippen LogP contribution in [0.15, 0.2) is 78.9 Å². The van der Waals surface area contributed by atoms with E-state index in [1.165, 1.54) is 12.1 Å². The smallest absolute Gasteiger partial charge is 0.338 e. The number of carbonyl (C=O) groups is 2. The van der Waals surface area contributed by atoms with Crippen molar-refractivity contribution < 1.29 is 23.5 Å². The Morgan fingerprint density at radius 3 is 2.47 bits per heavy atom. The molecular weight excluding hydrogens is 435 g/mol. The van der Waals surface area contributed by atoms with E-state index in [1.54, 1.807) is 43.3 Å². The predicted octanol–water partition coefficient (Wildman–Crippen LogP) is 4.91. The molecule has 0 aliphatic carbocycles. The van der Waals surface area contributed by atoms with Crippen LogP contribution in [0.25, 0.3) is 22.2 Å². The van der Waals surface area contributed by atoms with E-state index in [0.717, 1.165) is 5.56 Å². The van der Waals surface area contributed by atoms with Crippen LogP contribution in [0, 0.1) is 5.82 Å². The van der Waals surface area contributed by atoms with E-state index >= 15 is 0 Å². The molecule has 0 saturated heterocycles. The van der Waals surface area contributed by atoms with Gasteiger partial charge in [-0.25, -0.2) is 14.2 Å². The highest BCUT2D eigenvalue weighted by molar-refractivity contribution is 5.97. The van der Waals surface area contributed by atoms with E-state index in [-0.39, 0.29) is 24.9 Å². The fourth-order valence-electron chi connectivity index (χ4n) is 3.42. The van der Waals surface area contributed by atoms with Gasteiger partial charge in [0, 0.05) is 23.6 Å². The molecule has 4 rings (SSSR count). The van der Waals surface area contributed by atoms with Crippen LogP contribution in [0.5, 0.6) is 5.75 Å². The van der Waals surface area contributed by atoms with Crippen molar-refractivity contribution in [3.05, 3.63) is 95.8 Å². The van der Waals surface area contributed by atoms with Crippen molar-refractivity contribution in [3.8, 4) is 17.0 Å².